The van der Waals surface area contributed by atoms with E-state index in [0.717, 1.165) is 24.0 Å². The number of benzene rings is 1. The van der Waals surface area contributed by atoms with Crippen molar-refractivity contribution in [1.82, 2.24) is 14.5 Å². The van der Waals surface area contributed by atoms with Gasteiger partial charge in [-0.3, -0.25) is 4.79 Å². The van der Waals surface area contributed by atoms with Gasteiger partial charge in [0, 0.05) is 24.3 Å². The first-order valence-electron chi connectivity index (χ1n) is 13.0. The molecule has 1 aliphatic rings. The summed E-state index contributed by atoms with van der Waals surface area (Å²) in [6.45, 7) is 18.6. The minimum Gasteiger partial charge on any atom is -0.327 e. The van der Waals surface area contributed by atoms with E-state index in [1.54, 1.807) is 4.90 Å². The molecular weight excluding hydrogens is 489 g/mol. The smallest absolute Gasteiger partial charge is 0.237 e. The first-order chi connectivity index (χ1) is 17.8. The number of hydrogen-bond donors (Lipinski definition) is 1. The first kappa shape index (κ1) is 31.1. The lowest BCUT2D eigenvalue weighted by atomic mass is 9.98. The van der Waals surface area contributed by atoms with Gasteiger partial charge in [-0.1, -0.05) is 45.9 Å². The molecule has 2 heterocycles. The summed E-state index contributed by atoms with van der Waals surface area (Å²) in [5, 5.41) is 0. The normalized spacial score (nSPS) is 16.1. The Kier molecular flexibility index (Phi) is 10.7. The molecule has 0 fully saturated rings. The van der Waals surface area contributed by atoms with Crippen LogP contribution in [0.5, 0.6) is 0 Å². The third kappa shape index (κ3) is 6.84. The molecule has 2 N–H and O–H groups in total. The van der Waals surface area contributed by atoms with E-state index in [-0.39, 0.29) is 24.2 Å². The molecule has 2 aromatic rings. The molecule has 208 valence electrons. The average Bonchev–Trinajstić information content (AvgIpc) is 3.29. The maximum Gasteiger partial charge on any atom is 0.237 e. The van der Waals surface area contributed by atoms with E-state index in [1.165, 1.54) is 29.9 Å². The van der Waals surface area contributed by atoms with Crippen LogP contribution >= 0.6 is 0 Å². The van der Waals surface area contributed by atoms with Crippen LogP contribution in [0.4, 0.5) is 13.2 Å². The van der Waals surface area contributed by atoms with Gasteiger partial charge >= 0.3 is 0 Å². The lowest BCUT2D eigenvalue weighted by Crippen LogP contribution is -2.53. The van der Waals surface area contributed by atoms with Crippen molar-refractivity contribution in [3.63, 3.8) is 0 Å². The van der Waals surface area contributed by atoms with Gasteiger partial charge in [-0.25, -0.2) is 18.2 Å². The number of allylic oxidation sites excluding steroid dienone is 5. The molecule has 1 unspecified atom stereocenters. The number of amides is 1. The van der Waals surface area contributed by atoms with Crippen LogP contribution in [0.3, 0.4) is 0 Å². The highest BCUT2D eigenvalue weighted by molar-refractivity contribution is 5.79. The molecule has 0 spiro atoms. The Bertz CT molecular complexity index is 1210. The Balaban J connectivity index is 0.000000358. The fourth-order valence-corrected chi connectivity index (χ4v) is 4.51. The van der Waals surface area contributed by atoms with Gasteiger partial charge in [0.25, 0.3) is 0 Å². The number of aromatic nitrogens is 2. The summed E-state index contributed by atoms with van der Waals surface area (Å²) in [7, 11) is 0. The molecule has 1 aliphatic heterocycles. The van der Waals surface area contributed by atoms with Gasteiger partial charge < -0.3 is 15.2 Å². The van der Waals surface area contributed by atoms with Crippen molar-refractivity contribution >= 4 is 5.91 Å². The van der Waals surface area contributed by atoms with Crippen LogP contribution in [0.1, 0.15) is 72.3 Å². The standard InChI is InChI=1S/C19H24F2N4O.C11H17F/c1-11(2)17-16(12-5-6-13(20)14(21)9-12)23-18-19(3,4)25(15(26)10-22)8-7-24(17)18;1-5-9(3)10(4)7-8-11(12)6-2/h5-6,9,11H,7-8,10,22H2,1-4H3;6-9H,2,5H2,1,3-4H3/b;10-7-,11-8+. The number of nitrogens with two attached hydrogens (primary N) is 1. The van der Waals surface area contributed by atoms with Crippen molar-refractivity contribution in [3.8, 4) is 11.3 Å². The van der Waals surface area contributed by atoms with Crippen LogP contribution in [-0.2, 0) is 16.9 Å². The number of fused-ring (bicyclic) bond motifs is 1. The summed E-state index contributed by atoms with van der Waals surface area (Å²) < 4.78 is 41.8. The van der Waals surface area contributed by atoms with E-state index in [2.05, 4.69) is 25.0 Å². The molecule has 1 aromatic heterocycles. The van der Waals surface area contributed by atoms with Crippen molar-refractivity contribution in [3.05, 3.63) is 77.6 Å². The predicted molar refractivity (Wildman–Crippen MR) is 148 cm³/mol. The van der Waals surface area contributed by atoms with Gasteiger partial charge in [0.05, 0.1) is 17.8 Å². The zero-order valence-electron chi connectivity index (χ0n) is 23.6. The molecule has 1 atom stereocenters. The van der Waals surface area contributed by atoms with Crippen molar-refractivity contribution in [1.29, 1.82) is 0 Å². The van der Waals surface area contributed by atoms with Crippen molar-refractivity contribution in [2.24, 2.45) is 11.7 Å². The number of rotatable bonds is 7. The largest absolute Gasteiger partial charge is 0.327 e. The van der Waals surface area contributed by atoms with E-state index in [1.807, 2.05) is 40.7 Å². The average molecular weight is 531 g/mol. The molecule has 3 rings (SSSR count). The van der Waals surface area contributed by atoms with Gasteiger partial charge in [-0.2, -0.15) is 0 Å². The third-order valence-electron chi connectivity index (χ3n) is 7.08. The molecule has 8 heteroatoms. The maximum atomic E-state index is 13.8. The fourth-order valence-electron chi connectivity index (χ4n) is 4.51. The number of hydrogen-bond acceptors (Lipinski definition) is 3. The van der Waals surface area contributed by atoms with Gasteiger partial charge in [0.1, 0.15) is 11.7 Å². The van der Waals surface area contributed by atoms with Gasteiger partial charge in [-0.05, 0) is 69.4 Å². The zero-order valence-corrected chi connectivity index (χ0v) is 23.6. The second-order valence-electron chi connectivity index (χ2n) is 10.4. The van der Waals surface area contributed by atoms with Crippen molar-refractivity contribution < 1.29 is 18.0 Å². The number of imidazole rings is 1. The number of nitrogens with zero attached hydrogens (tertiary/aromatic N) is 3. The van der Waals surface area contributed by atoms with Crippen LogP contribution in [0.25, 0.3) is 11.3 Å². The molecule has 1 amide bonds. The Labute approximate surface area is 224 Å². The van der Waals surface area contributed by atoms with Crippen molar-refractivity contribution in [2.75, 3.05) is 13.1 Å². The minimum atomic E-state index is -0.901. The molecule has 0 saturated carbocycles. The molecular formula is C30H41F3N4O. The molecule has 0 bridgehead atoms. The van der Waals surface area contributed by atoms with Crippen LogP contribution in [0.2, 0.25) is 0 Å². The van der Waals surface area contributed by atoms with Crippen LogP contribution < -0.4 is 5.73 Å². The van der Waals surface area contributed by atoms with Gasteiger partial charge in [-0.15, -0.1) is 0 Å². The Hall–Kier alpha value is -3.13. The summed E-state index contributed by atoms with van der Waals surface area (Å²) >= 11 is 0. The maximum absolute atomic E-state index is 13.8. The molecule has 0 radical (unpaired) electrons. The van der Waals surface area contributed by atoms with Crippen LogP contribution in [-0.4, -0.2) is 33.4 Å². The lowest BCUT2D eigenvalue weighted by molar-refractivity contribution is -0.137. The van der Waals surface area contributed by atoms with Gasteiger partial charge in [0.15, 0.2) is 11.6 Å². The lowest BCUT2D eigenvalue weighted by Gasteiger charge is -2.42. The molecule has 5 nitrogen and oxygen atoms in total. The SMILES string of the molecule is C=C/C(F)=C\C=C(\C)C(C)CC.CC(C)c1c(-c2ccc(F)c(F)c2)nc2n1CCN(C(=O)CN)C2(C)C. The third-order valence-corrected chi connectivity index (χ3v) is 7.08. The summed E-state index contributed by atoms with van der Waals surface area (Å²) in [6, 6.07) is 3.82. The first-order valence-corrected chi connectivity index (χ1v) is 13.0. The van der Waals surface area contributed by atoms with E-state index < -0.39 is 17.2 Å². The second kappa shape index (κ2) is 13.1. The van der Waals surface area contributed by atoms with E-state index in [9.17, 15) is 18.0 Å². The highest BCUT2D eigenvalue weighted by Crippen LogP contribution is 2.38. The molecule has 38 heavy (non-hydrogen) atoms. The number of carbonyl (C=O) groups excluding carboxylic acids is 1. The van der Waals surface area contributed by atoms with E-state index in [0.29, 0.717) is 30.3 Å². The predicted octanol–water partition coefficient (Wildman–Crippen LogP) is 7.01. The van der Waals surface area contributed by atoms with Crippen LogP contribution in [0.15, 0.2) is 54.4 Å². The summed E-state index contributed by atoms with van der Waals surface area (Å²) in [5.74, 6) is -0.812. The Morgan fingerprint density at radius 3 is 2.37 bits per heavy atom. The quantitative estimate of drug-likeness (QED) is 0.392. The van der Waals surface area contributed by atoms with Gasteiger partial charge in [0.2, 0.25) is 5.91 Å². The van der Waals surface area contributed by atoms with Crippen LogP contribution in [0, 0.1) is 17.6 Å². The van der Waals surface area contributed by atoms with E-state index in [4.69, 9.17) is 10.7 Å². The highest BCUT2D eigenvalue weighted by Gasteiger charge is 2.41. The topological polar surface area (TPSA) is 64.2 Å². The number of halogens is 3. The molecule has 0 saturated heterocycles. The summed E-state index contributed by atoms with van der Waals surface area (Å²) in [5.41, 5.74) is 8.23. The Morgan fingerprint density at radius 2 is 1.84 bits per heavy atom. The highest BCUT2D eigenvalue weighted by atomic mass is 19.2. The Morgan fingerprint density at radius 1 is 1.18 bits per heavy atom. The monoisotopic (exact) mass is 530 g/mol. The van der Waals surface area contributed by atoms with Crippen molar-refractivity contribution in [2.45, 2.75) is 72.9 Å². The number of carbonyl (C=O) groups is 1. The summed E-state index contributed by atoms with van der Waals surface area (Å²) in [4.78, 5) is 18.7. The van der Waals surface area contributed by atoms with E-state index >= 15 is 0 Å². The molecule has 0 aliphatic carbocycles. The fraction of sp³-hybridized carbons (Fsp3) is 0.467. The second-order valence-corrected chi connectivity index (χ2v) is 10.4. The minimum absolute atomic E-state index is 0.0583. The summed E-state index contributed by atoms with van der Waals surface area (Å²) in [6.07, 6.45) is 5.56. The zero-order chi connectivity index (χ0) is 28.8. The molecule has 1 aromatic carbocycles.